The number of rotatable bonds is 3. The van der Waals surface area contributed by atoms with Crippen molar-refractivity contribution in [2.45, 2.75) is 18.2 Å². The second-order valence-electron chi connectivity index (χ2n) is 3.10. The van der Waals surface area contributed by atoms with E-state index < -0.39 is 15.0 Å². The molecule has 88 valence electrons. The Hall–Kier alpha value is -1.07. The Morgan fingerprint density at radius 2 is 2.06 bits per heavy atom. The number of methoxy groups -OCH3 is 1. The van der Waals surface area contributed by atoms with E-state index in [9.17, 15) is 13.2 Å². The summed E-state index contributed by atoms with van der Waals surface area (Å²) >= 11 is 0. The molecule has 1 rings (SSSR count). The smallest absolute Gasteiger partial charge is 0.338 e. The molecule has 0 radical (unpaired) electrons. The van der Waals surface area contributed by atoms with E-state index in [1.807, 2.05) is 6.92 Å². The molecule has 4 nitrogen and oxygen atoms in total. The molecule has 6 heteroatoms. The van der Waals surface area contributed by atoms with Gasteiger partial charge in [0.15, 0.2) is 0 Å². The maximum atomic E-state index is 11.4. The van der Waals surface area contributed by atoms with Gasteiger partial charge in [0, 0.05) is 10.7 Å². The number of hydrogen-bond acceptors (Lipinski definition) is 4. The van der Waals surface area contributed by atoms with Crippen LogP contribution < -0.4 is 0 Å². The SMILES string of the molecule is CCc1ccc(S(=O)(=O)Cl)cc1C(=O)OC. The summed E-state index contributed by atoms with van der Waals surface area (Å²) in [7, 11) is 2.61. The second-order valence-corrected chi connectivity index (χ2v) is 5.67. The fourth-order valence-corrected chi connectivity index (χ4v) is 2.09. The van der Waals surface area contributed by atoms with Crippen LogP contribution in [-0.4, -0.2) is 21.5 Å². The Kier molecular flexibility index (Phi) is 3.93. The molecule has 0 amide bonds. The van der Waals surface area contributed by atoms with E-state index in [2.05, 4.69) is 4.74 Å². The molecule has 0 aliphatic carbocycles. The Morgan fingerprint density at radius 1 is 1.44 bits per heavy atom. The summed E-state index contributed by atoms with van der Waals surface area (Å²) in [5, 5.41) is 0. The van der Waals surface area contributed by atoms with Crippen LogP contribution in [0.5, 0.6) is 0 Å². The highest BCUT2D eigenvalue weighted by Gasteiger charge is 2.16. The van der Waals surface area contributed by atoms with E-state index in [-0.39, 0.29) is 10.5 Å². The van der Waals surface area contributed by atoms with Gasteiger partial charge >= 0.3 is 5.97 Å². The summed E-state index contributed by atoms with van der Waals surface area (Å²) in [6.07, 6.45) is 0.604. The van der Waals surface area contributed by atoms with Gasteiger partial charge in [0.25, 0.3) is 9.05 Å². The first kappa shape index (κ1) is 13.0. The van der Waals surface area contributed by atoms with Crippen LogP contribution in [0.3, 0.4) is 0 Å². The zero-order valence-corrected chi connectivity index (χ0v) is 10.4. The van der Waals surface area contributed by atoms with Crippen LogP contribution in [0.25, 0.3) is 0 Å². The largest absolute Gasteiger partial charge is 0.465 e. The van der Waals surface area contributed by atoms with Gasteiger partial charge in [-0.2, -0.15) is 0 Å². The monoisotopic (exact) mass is 262 g/mol. The standard InChI is InChI=1S/C10H11ClO4S/c1-3-7-4-5-8(16(11,13)14)6-9(7)10(12)15-2/h4-6H,3H2,1-2H3. The predicted octanol–water partition coefficient (Wildman–Crippen LogP) is 1.96. The molecule has 0 fully saturated rings. The molecule has 0 saturated heterocycles. The molecule has 0 saturated carbocycles. The van der Waals surface area contributed by atoms with Gasteiger partial charge in [0.2, 0.25) is 0 Å². The quantitative estimate of drug-likeness (QED) is 0.617. The highest BCUT2D eigenvalue weighted by Crippen LogP contribution is 2.20. The van der Waals surface area contributed by atoms with Crippen molar-refractivity contribution in [3.8, 4) is 0 Å². The first-order valence-electron chi connectivity index (χ1n) is 4.56. The lowest BCUT2D eigenvalue weighted by Gasteiger charge is -2.07. The third-order valence-electron chi connectivity index (χ3n) is 2.15. The molecular weight excluding hydrogens is 252 g/mol. The molecular formula is C10H11ClO4S. The molecule has 1 aromatic rings. The maximum Gasteiger partial charge on any atom is 0.338 e. The summed E-state index contributed by atoms with van der Waals surface area (Å²) in [6, 6.07) is 4.15. The molecule has 0 aliphatic heterocycles. The highest BCUT2D eigenvalue weighted by atomic mass is 35.7. The predicted molar refractivity (Wildman–Crippen MR) is 60.2 cm³/mol. The minimum absolute atomic E-state index is 0.105. The van der Waals surface area contributed by atoms with Gasteiger partial charge < -0.3 is 4.74 Å². The van der Waals surface area contributed by atoms with Crippen LogP contribution in [0.1, 0.15) is 22.8 Å². The van der Waals surface area contributed by atoms with Gasteiger partial charge in [-0.1, -0.05) is 13.0 Å². The van der Waals surface area contributed by atoms with Crippen LogP contribution in [0.15, 0.2) is 23.1 Å². The number of carbonyl (C=O) groups is 1. The number of aryl methyl sites for hydroxylation is 1. The molecule has 0 bridgehead atoms. The number of hydrogen-bond donors (Lipinski definition) is 0. The molecule has 1 aromatic carbocycles. The Balaban J connectivity index is 3.38. The first-order valence-corrected chi connectivity index (χ1v) is 6.87. The number of halogens is 1. The summed E-state index contributed by atoms with van der Waals surface area (Å²) in [6.45, 7) is 1.86. The van der Waals surface area contributed by atoms with Crippen LogP contribution in [0, 0.1) is 0 Å². The van der Waals surface area contributed by atoms with E-state index in [1.165, 1.54) is 19.2 Å². The summed E-state index contributed by atoms with van der Waals surface area (Å²) in [5.74, 6) is -0.570. The first-order chi connectivity index (χ1) is 7.40. The number of carbonyl (C=O) groups excluding carboxylic acids is 1. The zero-order valence-electron chi connectivity index (χ0n) is 8.86. The van der Waals surface area contributed by atoms with Crippen molar-refractivity contribution in [1.29, 1.82) is 0 Å². The molecule has 0 heterocycles. The lowest BCUT2D eigenvalue weighted by Crippen LogP contribution is -2.06. The van der Waals surface area contributed by atoms with Crippen molar-refractivity contribution in [3.05, 3.63) is 29.3 Å². The Labute approximate surface area is 98.6 Å². The van der Waals surface area contributed by atoms with Crippen molar-refractivity contribution in [2.24, 2.45) is 0 Å². The van der Waals surface area contributed by atoms with Crippen LogP contribution in [0.4, 0.5) is 0 Å². The third-order valence-corrected chi connectivity index (χ3v) is 3.50. The van der Waals surface area contributed by atoms with Gasteiger partial charge in [-0.15, -0.1) is 0 Å². The second kappa shape index (κ2) is 4.84. The average molecular weight is 263 g/mol. The summed E-state index contributed by atoms with van der Waals surface area (Å²) in [5.41, 5.74) is 0.947. The van der Waals surface area contributed by atoms with Crippen molar-refractivity contribution < 1.29 is 17.9 Å². The summed E-state index contributed by atoms with van der Waals surface area (Å²) < 4.78 is 26.8. The molecule has 0 unspecified atom stereocenters. The van der Waals surface area contributed by atoms with Gasteiger partial charge in [-0.05, 0) is 24.1 Å². The Morgan fingerprint density at radius 3 is 2.50 bits per heavy atom. The minimum atomic E-state index is -3.83. The van der Waals surface area contributed by atoms with E-state index in [0.717, 1.165) is 5.56 Å². The lowest BCUT2D eigenvalue weighted by molar-refractivity contribution is 0.0599. The lowest BCUT2D eigenvalue weighted by atomic mass is 10.1. The van der Waals surface area contributed by atoms with Crippen molar-refractivity contribution in [1.82, 2.24) is 0 Å². The van der Waals surface area contributed by atoms with Gasteiger partial charge in [-0.3, -0.25) is 0 Å². The van der Waals surface area contributed by atoms with Crippen molar-refractivity contribution in [3.63, 3.8) is 0 Å². The van der Waals surface area contributed by atoms with E-state index >= 15 is 0 Å². The van der Waals surface area contributed by atoms with Crippen molar-refractivity contribution >= 4 is 25.7 Å². The minimum Gasteiger partial charge on any atom is -0.465 e. The topological polar surface area (TPSA) is 60.4 Å². The Bertz CT molecular complexity index is 508. The average Bonchev–Trinajstić information content (AvgIpc) is 2.25. The number of benzene rings is 1. The third kappa shape index (κ3) is 2.74. The highest BCUT2D eigenvalue weighted by molar-refractivity contribution is 8.13. The van der Waals surface area contributed by atoms with Gasteiger partial charge in [0.1, 0.15) is 0 Å². The fourth-order valence-electron chi connectivity index (χ4n) is 1.32. The van der Waals surface area contributed by atoms with Crippen LogP contribution in [0.2, 0.25) is 0 Å². The van der Waals surface area contributed by atoms with Gasteiger partial charge in [-0.25, -0.2) is 13.2 Å². The van der Waals surface area contributed by atoms with Crippen molar-refractivity contribution in [2.75, 3.05) is 7.11 Å². The molecule has 0 N–H and O–H groups in total. The normalized spacial score (nSPS) is 11.2. The van der Waals surface area contributed by atoms with E-state index in [1.54, 1.807) is 6.07 Å². The molecule has 16 heavy (non-hydrogen) atoms. The maximum absolute atomic E-state index is 11.4. The molecule has 0 spiro atoms. The molecule has 0 aliphatic rings. The zero-order chi connectivity index (χ0) is 12.3. The molecule has 0 aromatic heterocycles. The number of esters is 1. The molecule has 0 atom stereocenters. The van der Waals surface area contributed by atoms with E-state index in [0.29, 0.717) is 6.42 Å². The van der Waals surface area contributed by atoms with Crippen LogP contribution >= 0.6 is 10.7 Å². The van der Waals surface area contributed by atoms with E-state index in [4.69, 9.17) is 10.7 Å². The van der Waals surface area contributed by atoms with Crippen LogP contribution in [-0.2, 0) is 20.2 Å². The number of ether oxygens (including phenoxy) is 1. The fraction of sp³-hybridized carbons (Fsp3) is 0.300. The van der Waals surface area contributed by atoms with Gasteiger partial charge in [0.05, 0.1) is 17.6 Å². The summed E-state index contributed by atoms with van der Waals surface area (Å²) in [4.78, 5) is 11.3.